The van der Waals surface area contributed by atoms with E-state index in [4.69, 9.17) is 9.84 Å². The van der Waals surface area contributed by atoms with Gasteiger partial charge in [0.1, 0.15) is 5.75 Å². The van der Waals surface area contributed by atoms with Gasteiger partial charge in [0.15, 0.2) is 0 Å². The first-order chi connectivity index (χ1) is 9.36. The molecule has 0 aliphatic carbocycles. The van der Waals surface area contributed by atoms with Gasteiger partial charge in [-0.25, -0.2) is 4.98 Å². The van der Waals surface area contributed by atoms with Crippen LogP contribution in [0.5, 0.6) is 10.9 Å². The lowest BCUT2D eigenvalue weighted by molar-refractivity contribution is 0.298. The lowest BCUT2D eigenvalue weighted by atomic mass is 10.1. The molecular weight excluding hydrogens is 258 g/mol. The highest BCUT2D eigenvalue weighted by atomic mass is 32.1. The van der Waals surface area contributed by atoms with E-state index in [-0.39, 0.29) is 6.61 Å². The molecule has 0 unspecified atom stereocenters. The SMILES string of the molecule is OCCc1ccccc1Oc1nc2ccccc2s1. The topological polar surface area (TPSA) is 42.4 Å². The van der Waals surface area contributed by atoms with Gasteiger partial charge >= 0.3 is 0 Å². The smallest absolute Gasteiger partial charge is 0.279 e. The van der Waals surface area contributed by atoms with Crippen molar-refractivity contribution in [1.82, 2.24) is 4.98 Å². The van der Waals surface area contributed by atoms with Crippen molar-refractivity contribution in [3.05, 3.63) is 54.1 Å². The minimum atomic E-state index is 0.111. The maximum absolute atomic E-state index is 9.06. The summed E-state index contributed by atoms with van der Waals surface area (Å²) in [5.74, 6) is 0.760. The number of hydrogen-bond acceptors (Lipinski definition) is 4. The van der Waals surface area contributed by atoms with Crippen LogP contribution < -0.4 is 4.74 Å². The molecule has 0 saturated carbocycles. The number of aromatic nitrogens is 1. The Kier molecular flexibility index (Phi) is 3.44. The van der Waals surface area contributed by atoms with Crippen molar-refractivity contribution < 1.29 is 9.84 Å². The summed E-state index contributed by atoms with van der Waals surface area (Å²) in [6, 6.07) is 15.7. The summed E-state index contributed by atoms with van der Waals surface area (Å²) in [4.78, 5) is 4.44. The van der Waals surface area contributed by atoms with Gasteiger partial charge in [0, 0.05) is 6.61 Å². The van der Waals surface area contributed by atoms with Crippen molar-refractivity contribution in [3.8, 4) is 10.9 Å². The zero-order chi connectivity index (χ0) is 13.1. The van der Waals surface area contributed by atoms with Gasteiger partial charge in [0.2, 0.25) is 0 Å². The van der Waals surface area contributed by atoms with Crippen LogP contribution in [0.3, 0.4) is 0 Å². The van der Waals surface area contributed by atoms with Gasteiger partial charge in [-0.15, -0.1) is 0 Å². The number of fused-ring (bicyclic) bond motifs is 1. The number of aliphatic hydroxyl groups excluding tert-OH is 1. The Bertz CT molecular complexity index is 660. The van der Waals surface area contributed by atoms with Crippen molar-refractivity contribution in [3.63, 3.8) is 0 Å². The monoisotopic (exact) mass is 271 g/mol. The number of hydrogen-bond donors (Lipinski definition) is 1. The Morgan fingerprint density at radius 1 is 1.05 bits per heavy atom. The molecule has 3 rings (SSSR count). The number of aliphatic hydroxyl groups is 1. The number of nitrogens with zero attached hydrogens (tertiary/aromatic N) is 1. The quantitative estimate of drug-likeness (QED) is 0.788. The molecule has 0 amide bonds. The second kappa shape index (κ2) is 5.38. The van der Waals surface area contributed by atoms with Crippen LogP contribution in [0.15, 0.2) is 48.5 Å². The number of para-hydroxylation sites is 2. The summed E-state index contributed by atoms with van der Waals surface area (Å²) < 4.78 is 6.95. The Morgan fingerprint density at radius 3 is 2.68 bits per heavy atom. The Hall–Kier alpha value is -1.91. The van der Waals surface area contributed by atoms with Crippen LogP contribution in [-0.4, -0.2) is 16.7 Å². The van der Waals surface area contributed by atoms with Crippen LogP contribution >= 0.6 is 11.3 Å². The molecule has 1 aromatic heterocycles. The summed E-state index contributed by atoms with van der Waals surface area (Å²) in [6.07, 6.45) is 0.584. The largest absolute Gasteiger partial charge is 0.431 e. The van der Waals surface area contributed by atoms with E-state index in [0.29, 0.717) is 11.6 Å². The molecule has 0 fully saturated rings. The lowest BCUT2D eigenvalue weighted by Gasteiger charge is -2.07. The van der Waals surface area contributed by atoms with Crippen LogP contribution in [0, 0.1) is 0 Å². The molecule has 0 bridgehead atoms. The van der Waals surface area contributed by atoms with Gasteiger partial charge in [-0.3, -0.25) is 0 Å². The molecule has 0 aliphatic rings. The highest BCUT2D eigenvalue weighted by Crippen LogP contribution is 2.32. The molecule has 1 N–H and O–H groups in total. The van der Waals surface area contributed by atoms with Gasteiger partial charge < -0.3 is 9.84 Å². The van der Waals surface area contributed by atoms with Crippen LogP contribution in [0.1, 0.15) is 5.56 Å². The van der Waals surface area contributed by atoms with Gasteiger partial charge in [-0.2, -0.15) is 0 Å². The maximum Gasteiger partial charge on any atom is 0.279 e. The minimum absolute atomic E-state index is 0.111. The molecule has 0 saturated heterocycles. The summed E-state index contributed by atoms with van der Waals surface area (Å²) in [7, 11) is 0. The second-order valence-electron chi connectivity index (χ2n) is 4.13. The summed E-state index contributed by atoms with van der Waals surface area (Å²) in [5.41, 5.74) is 1.94. The van der Waals surface area contributed by atoms with E-state index < -0.39 is 0 Å². The van der Waals surface area contributed by atoms with Crippen molar-refractivity contribution in [1.29, 1.82) is 0 Å². The molecule has 0 spiro atoms. The molecule has 96 valence electrons. The average Bonchev–Trinajstić information content (AvgIpc) is 2.83. The fraction of sp³-hybridized carbons (Fsp3) is 0.133. The Balaban J connectivity index is 1.92. The molecule has 3 aromatic rings. The van der Waals surface area contributed by atoms with E-state index in [0.717, 1.165) is 21.5 Å². The molecular formula is C15H13NO2S. The molecule has 0 atom stereocenters. The van der Waals surface area contributed by atoms with Crippen molar-refractivity contribution in [2.24, 2.45) is 0 Å². The first-order valence-corrected chi connectivity index (χ1v) is 6.90. The molecule has 1 heterocycles. The van der Waals surface area contributed by atoms with Gasteiger partial charge in [-0.05, 0) is 30.2 Å². The van der Waals surface area contributed by atoms with Gasteiger partial charge in [0.25, 0.3) is 5.19 Å². The van der Waals surface area contributed by atoms with Crippen LogP contribution in [0.4, 0.5) is 0 Å². The van der Waals surface area contributed by atoms with Crippen molar-refractivity contribution >= 4 is 21.6 Å². The predicted molar refractivity (Wildman–Crippen MR) is 76.9 cm³/mol. The molecule has 4 heteroatoms. The standard InChI is InChI=1S/C15H13NO2S/c17-10-9-11-5-1-3-7-13(11)18-15-16-12-6-2-4-8-14(12)19-15/h1-8,17H,9-10H2. The van der Waals surface area contributed by atoms with E-state index >= 15 is 0 Å². The number of thiazole rings is 1. The van der Waals surface area contributed by atoms with Crippen LogP contribution in [0.2, 0.25) is 0 Å². The van der Waals surface area contributed by atoms with Gasteiger partial charge in [-0.1, -0.05) is 41.7 Å². The zero-order valence-corrected chi connectivity index (χ0v) is 11.1. The highest BCUT2D eigenvalue weighted by molar-refractivity contribution is 7.20. The first-order valence-electron chi connectivity index (χ1n) is 6.09. The van der Waals surface area contributed by atoms with E-state index in [1.165, 1.54) is 11.3 Å². The average molecular weight is 271 g/mol. The normalized spacial score (nSPS) is 10.8. The predicted octanol–water partition coefficient (Wildman–Crippen LogP) is 3.62. The highest BCUT2D eigenvalue weighted by Gasteiger charge is 2.08. The molecule has 2 aromatic carbocycles. The zero-order valence-electron chi connectivity index (χ0n) is 10.2. The fourth-order valence-corrected chi connectivity index (χ4v) is 2.75. The van der Waals surface area contributed by atoms with E-state index in [1.54, 1.807) is 0 Å². The van der Waals surface area contributed by atoms with E-state index in [9.17, 15) is 0 Å². The second-order valence-corrected chi connectivity index (χ2v) is 5.12. The Labute approximate surface area is 115 Å². The van der Waals surface area contributed by atoms with Crippen LogP contribution in [0.25, 0.3) is 10.2 Å². The first kappa shape index (κ1) is 12.1. The summed E-state index contributed by atoms with van der Waals surface area (Å²) in [6.45, 7) is 0.111. The summed E-state index contributed by atoms with van der Waals surface area (Å²) in [5, 5.41) is 9.69. The maximum atomic E-state index is 9.06. The third-order valence-electron chi connectivity index (χ3n) is 2.83. The molecule has 19 heavy (non-hydrogen) atoms. The van der Waals surface area contributed by atoms with Crippen LogP contribution in [-0.2, 0) is 6.42 Å². The van der Waals surface area contributed by atoms with Gasteiger partial charge in [0.05, 0.1) is 10.2 Å². The Morgan fingerprint density at radius 2 is 1.84 bits per heavy atom. The van der Waals surface area contributed by atoms with E-state index in [2.05, 4.69) is 4.98 Å². The third kappa shape index (κ3) is 2.59. The lowest BCUT2D eigenvalue weighted by Crippen LogP contribution is -1.94. The summed E-state index contributed by atoms with van der Waals surface area (Å²) >= 11 is 1.52. The number of ether oxygens (including phenoxy) is 1. The number of rotatable bonds is 4. The third-order valence-corrected chi connectivity index (χ3v) is 3.74. The minimum Gasteiger partial charge on any atom is -0.431 e. The van der Waals surface area contributed by atoms with Crippen molar-refractivity contribution in [2.45, 2.75) is 6.42 Å². The molecule has 0 radical (unpaired) electrons. The van der Waals surface area contributed by atoms with E-state index in [1.807, 2.05) is 48.5 Å². The molecule has 3 nitrogen and oxygen atoms in total. The fourth-order valence-electron chi connectivity index (χ4n) is 1.92. The van der Waals surface area contributed by atoms with Crippen molar-refractivity contribution in [2.75, 3.05) is 6.61 Å². The molecule has 0 aliphatic heterocycles. The number of benzene rings is 2.